The summed E-state index contributed by atoms with van der Waals surface area (Å²) >= 11 is 0. The van der Waals surface area contributed by atoms with E-state index in [-0.39, 0.29) is 35.7 Å². The quantitative estimate of drug-likeness (QED) is 0.203. The molecule has 0 aliphatic heterocycles. The molecule has 6 nitrogen and oxygen atoms in total. The first-order valence-electron chi connectivity index (χ1n) is 10.8. The Morgan fingerprint density at radius 3 is 2.83 bits per heavy atom. The van der Waals surface area contributed by atoms with Gasteiger partial charge in [0.05, 0.1) is 12.1 Å². The van der Waals surface area contributed by atoms with Gasteiger partial charge in [-0.15, -0.1) is 6.58 Å². The lowest BCUT2D eigenvalue weighted by atomic mass is 9.50. The van der Waals surface area contributed by atoms with Crippen LogP contribution >= 0.6 is 0 Å². The predicted octanol–water partition coefficient (Wildman–Crippen LogP) is 6.20. The molecule has 2 aromatic rings. The van der Waals surface area contributed by atoms with Crippen LogP contribution in [0.25, 0.3) is 21.3 Å². The summed E-state index contributed by atoms with van der Waals surface area (Å²) in [4.78, 5) is 6.72. The van der Waals surface area contributed by atoms with Crippen LogP contribution in [-0.4, -0.2) is 30.0 Å². The summed E-state index contributed by atoms with van der Waals surface area (Å²) in [6, 6.07) is 6.17. The Morgan fingerprint density at radius 2 is 2.17 bits per heavy atom. The van der Waals surface area contributed by atoms with E-state index >= 15 is 0 Å². The highest BCUT2D eigenvalue weighted by molar-refractivity contribution is 5.89. The van der Waals surface area contributed by atoms with Gasteiger partial charge in [0.1, 0.15) is 0 Å². The van der Waals surface area contributed by atoms with E-state index in [1.165, 1.54) is 16.5 Å². The highest BCUT2D eigenvalue weighted by Gasteiger charge is 2.57. The van der Waals surface area contributed by atoms with Crippen molar-refractivity contribution in [2.75, 3.05) is 6.61 Å². The van der Waals surface area contributed by atoms with Crippen molar-refractivity contribution in [3.8, 4) is 0 Å². The Labute approximate surface area is 178 Å². The minimum atomic E-state index is -0.509. The number of hydrogen-bond acceptors (Lipinski definition) is 3. The van der Waals surface area contributed by atoms with Gasteiger partial charge in [0.25, 0.3) is 0 Å². The monoisotopic (exact) mass is 408 g/mol. The maximum Gasteiger partial charge on any atom is 0.155 e. The molecule has 6 heteroatoms. The fourth-order valence-corrected chi connectivity index (χ4v) is 5.98. The smallest absolute Gasteiger partial charge is 0.155 e. The highest BCUT2D eigenvalue weighted by atomic mass is 16.7. The Morgan fingerprint density at radius 1 is 1.40 bits per heavy atom. The molecule has 1 aromatic carbocycles. The van der Waals surface area contributed by atoms with Gasteiger partial charge < -0.3 is 14.5 Å². The van der Waals surface area contributed by atoms with Gasteiger partial charge in [-0.3, -0.25) is 0 Å². The molecule has 0 spiro atoms. The van der Waals surface area contributed by atoms with Crippen molar-refractivity contribution >= 4 is 10.9 Å². The molecule has 1 saturated carbocycles. The topological polar surface area (TPSA) is 83.0 Å². The van der Waals surface area contributed by atoms with Gasteiger partial charge in [0, 0.05) is 34.0 Å². The molecule has 0 amide bonds. The fraction of sp³-hybridized carbons (Fsp3) is 0.583. The molecule has 1 fully saturated rings. The highest BCUT2D eigenvalue weighted by Crippen LogP contribution is 2.60. The maximum absolute atomic E-state index is 9.51. The lowest BCUT2D eigenvalue weighted by Crippen LogP contribution is -2.57. The second kappa shape index (κ2) is 7.45. The second-order valence-electron chi connectivity index (χ2n) is 9.43. The zero-order chi connectivity index (χ0) is 21.7. The lowest BCUT2D eigenvalue weighted by molar-refractivity contribution is -0.198. The first-order chi connectivity index (χ1) is 14.3. The zero-order valence-electron chi connectivity index (χ0n) is 18.6. The number of rotatable bonds is 6. The summed E-state index contributed by atoms with van der Waals surface area (Å²) in [6.07, 6.45) is 4.38. The summed E-state index contributed by atoms with van der Waals surface area (Å²) in [7, 11) is 0. The van der Waals surface area contributed by atoms with Gasteiger partial charge >= 0.3 is 0 Å². The van der Waals surface area contributed by atoms with Gasteiger partial charge in [-0.1, -0.05) is 44.1 Å². The first-order valence-corrected chi connectivity index (χ1v) is 10.8. The fourth-order valence-electron chi connectivity index (χ4n) is 5.98. The largest absolute Gasteiger partial charge is 0.361 e. The molecule has 0 radical (unpaired) electrons. The van der Waals surface area contributed by atoms with Gasteiger partial charge in [-0.25, -0.2) is 0 Å². The van der Waals surface area contributed by atoms with Crippen molar-refractivity contribution in [2.24, 2.45) is 16.4 Å². The molecule has 6 atom stereocenters. The van der Waals surface area contributed by atoms with E-state index in [0.29, 0.717) is 6.61 Å². The number of benzene rings is 1. The van der Waals surface area contributed by atoms with E-state index < -0.39 is 5.41 Å². The van der Waals surface area contributed by atoms with Crippen LogP contribution in [0.5, 0.6) is 0 Å². The summed E-state index contributed by atoms with van der Waals surface area (Å²) < 4.78 is 12.1. The third-order valence-electron chi connectivity index (χ3n) is 7.66. The molecule has 2 aliphatic carbocycles. The van der Waals surface area contributed by atoms with Crippen molar-refractivity contribution < 1.29 is 9.47 Å². The normalized spacial score (nSPS) is 32.8. The minimum Gasteiger partial charge on any atom is -0.361 e. The van der Waals surface area contributed by atoms with Crippen LogP contribution in [0.1, 0.15) is 58.1 Å². The number of fused-ring (bicyclic) bond motifs is 2. The van der Waals surface area contributed by atoms with E-state index in [1.54, 1.807) is 0 Å². The molecule has 2 aliphatic rings. The Balaban J connectivity index is 1.90. The number of hydrogen-bond donors (Lipinski definition) is 1. The van der Waals surface area contributed by atoms with E-state index in [2.05, 4.69) is 66.8 Å². The number of nitrogens with zero attached hydrogens (tertiary/aromatic N) is 3. The third-order valence-corrected chi connectivity index (χ3v) is 7.66. The van der Waals surface area contributed by atoms with Crippen LogP contribution in [0.2, 0.25) is 0 Å². The van der Waals surface area contributed by atoms with Crippen LogP contribution in [0.3, 0.4) is 0 Å². The van der Waals surface area contributed by atoms with E-state index in [1.807, 2.05) is 19.9 Å². The van der Waals surface area contributed by atoms with E-state index in [0.717, 1.165) is 11.9 Å². The van der Waals surface area contributed by atoms with Gasteiger partial charge in [-0.05, 0) is 60.2 Å². The Kier molecular flexibility index (Phi) is 5.21. The Bertz CT molecular complexity index is 1010. The summed E-state index contributed by atoms with van der Waals surface area (Å²) in [6.45, 7) is 15.3. The number of nitrogens with one attached hydrogen (secondary N) is 1. The van der Waals surface area contributed by atoms with Crippen LogP contribution in [0, 0.1) is 11.3 Å². The molecular weight excluding hydrogens is 376 g/mol. The molecular formula is C24H32N4O2. The summed E-state index contributed by atoms with van der Waals surface area (Å²) in [5, 5.41) is 5.65. The standard InChI is InChI=1S/C24H32N4O2/c1-7-24(6)19(30-14(3)29-8-2)12-17-21(22(24)27-28-25)15-13-26-18-11-9-10-16(20(15)18)23(17,4)5/h7,9-11,13-14,17,19,21-22,26H,1,8,12H2,2-6H3/t14?,17-,19+,21-,22+,24-/m0/s1. The van der Waals surface area contributed by atoms with Crippen molar-refractivity contribution in [1.82, 2.24) is 4.98 Å². The first kappa shape index (κ1) is 21.0. The van der Waals surface area contributed by atoms with Crippen molar-refractivity contribution in [2.45, 2.75) is 70.8 Å². The van der Waals surface area contributed by atoms with Crippen LogP contribution < -0.4 is 0 Å². The molecule has 1 N–H and O–H groups in total. The summed E-state index contributed by atoms with van der Waals surface area (Å²) in [5.41, 5.74) is 12.6. The van der Waals surface area contributed by atoms with E-state index in [9.17, 15) is 5.53 Å². The van der Waals surface area contributed by atoms with Crippen LogP contribution in [-0.2, 0) is 14.9 Å². The summed E-state index contributed by atoms with van der Waals surface area (Å²) in [5.74, 6) is 0.346. The second-order valence-corrected chi connectivity index (χ2v) is 9.43. The third kappa shape index (κ3) is 2.89. The number of aromatic nitrogens is 1. The number of aromatic amines is 1. The number of azide groups is 1. The average molecular weight is 409 g/mol. The van der Waals surface area contributed by atoms with Gasteiger partial charge in [0.2, 0.25) is 0 Å². The van der Waals surface area contributed by atoms with E-state index in [4.69, 9.17) is 9.47 Å². The lowest BCUT2D eigenvalue weighted by Gasteiger charge is -2.57. The van der Waals surface area contributed by atoms with Crippen molar-refractivity contribution in [3.05, 3.63) is 58.6 Å². The molecule has 0 saturated heterocycles. The average Bonchev–Trinajstić information content (AvgIpc) is 3.14. The molecule has 1 aromatic heterocycles. The number of H-pyrrole nitrogens is 1. The maximum atomic E-state index is 9.51. The Hall–Kier alpha value is -2.27. The minimum absolute atomic E-state index is 0.0878. The molecule has 4 rings (SSSR count). The molecule has 0 bridgehead atoms. The van der Waals surface area contributed by atoms with Crippen LogP contribution in [0.15, 0.2) is 42.2 Å². The van der Waals surface area contributed by atoms with Crippen LogP contribution in [0.4, 0.5) is 0 Å². The SMILES string of the molecule is C=C[C@]1(C)[C@H](N=[N+]=[N-])[C@H]2c3c[nH]c4cccc(c34)C(C)(C)[C@H]2C[C@H]1OC(C)OCC. The predicted molar refractivity (Wildman–Crippen MR) is 119 cm³/mol. The molecule has 30 heavy (non-hydrogen) atoms. The van der Waals surface area contributed by atoms with Crippen molar-refractivity contribution in [1.29, 1.82) is 0 Å². The molecule has 1 unspecified atom stereocenters. The molecule has 1 heterocycles. The zero-order valence-corrected chi connectivity index (χ0v) is 18.6. The number of ether oxygens (including phenoxy) is 2. The van der Waals surface area contributed by atoms with Gasteiger partial charge in [-0.2, -0.15) is 0 Å². The van der Waals surface area contributed by atoms with Gasteiger partial charge in [0.15, 0.2) is 6.29 Å². The van der Waals surface area contributed by atoms with Crippen molar-refractivity contribution in [3.63, 3.8) is 0 Å². The molecule has 160 valence electrons.